The van der Waals surface area contributed by atoms with Gasteiger partial charge in [0.15, 0.2) is 5.78 Å². The van der Waals surface area contributed by atoms with Crippen molar-refractivity contribution in [3.8, 4) is 0 Å². The van der Waals surface area contributed by atoms with E-state index in [9.17, 15) is 9.18 Å². The fourth-order valence-corrected chi connectivity index (χ4v) is 6.53. The summed E-state index contributed by atoms with van der Waals surface area (Å²) in [6.45, 7) is 4.72. The Morgan fingerprint density at radius 1 is 1.11 bits per heavy atom. The van der Waals surface area contributed by atoms with Gasteiger partial charge in [-0.25, -0.2) is 4.39 Å². The minimum Gasteiger partial charge on any atom is -0.295 e. The summed E-state index contributed by atoms with van der Waals surface area (Å²) in [5.74, 6) is 1.22. The van der Waals surface area contributed by atoms with E-state index in [1.54, 1.807) is 12.3 Å². The Kier molecular flexibility index (Phi) is 3.63. The molecule has 27 heavy (non-hydrogen) atoms. The van der Waals surface area contributed by atoms with E-state index in [2.05, 4.69) is 31.0 Å². The van der Waals surface area contributed by atoms with Gasteiger partial charge >= 0.3 is 0 Å². The zero-order valence-electron chi connectivity index (χ0n) is 16.1. The van der Waals surface area contributed by atoms with Gasteiger partial charge in [0.05, 0.1) is 6.20 Å². The van der Waals surface area contributed by atoms with Crippen LogP contribution in [0.15, 0.2) is 47.8 Å². The highest BCUT2D eigenvalue weighted by atomic mass is 19.1. The molecule has 2 nitrogen and oxygen atoms in total. The van der Waals surface area contributed by atoms with E-state index >= 15 is 0 Å². The molecule has 2 fully saturated rings. The van der Waals surface area contributed by atoms with E-state index in [-0.39, 0.29) is 16.6 Å². The average Bonchev–Trinajstić information content (AvgIpc) is 2.99. The van der Waals surface area contributed by atoms with Crippen molar-refractivity contribution in [3.63, 3.8) is 0 Å². The highest BCUT2D eigenvalue weighted by Crippen LogP contribution is 2.65. The van der Waals surface area contributed by atoms with Gasteiger partial charge in [-0.2, -0.15) is 0 Å². The van der Waals surface area contributed by atoms with Crippen LogP contribution in [0.3, 0.4) is 0 Å². The number of allylic oxidation sites excluding steroid dienone is 6. The zero-order chi connectivity index (χ0) is 18.8. The van der Waals surface area contributed by atoms with Crippen molar-refractivity contribution in [1.29, 1.82) is 0 Å². The Bertz CT molecular complexity index is 926. The van der Waals surface area contributed by atoms with Gasteiger partial charge in [0.25, 0.3) is 0 Å². The Labute approximate surface area is 160 Å². The van der Waals surface area contributed by atoms with E-state index < -0.39 is 0 Å². The summed E-state index contributed by atoms with van der Waals surface area (Å²) in [6.07, 6.45) is 15.6. The fourth-order valence-electron chi connectivity index (χ4n) is 6.53. The van der Waals surface area contributed by atoms with Crippen LogP contribution in [0.25, 0.3) is 5.57 Å². The van der Waals surface area contributed by atoms with Crippen LogP contribution >= 0.6 is 0 Å². The molecule has 0 amide bonds. The maximum absolute atomic E-state index is 13.8. The lowest BCUT2D eigenvalue weighted by molar-refractivity contribution is -0.116. The normalized spacial score (nSPS) is 37.6. The molecule has 4 aliphatic rings. The standard InChI is InChI=1S/C24H26FNO/c1-23-9-7-18(27)12-16(23)3-4-19-21-6-5-20(15-11-17(25)14-26-13-15)24(21,2)10-8-22(19)23/h5-6,11-14,19,22H,3-4,7-10H2,1-2H3/t19?,22?,23-,24+/m0/s1. The molecule has 1 heterocycles. The number of halogens is 1. The van der Waals surface area contributed by atoms with Crippen molar-refractivity contribution in [3.05, 3.63) is 59.2 Å². The quantitative estimate of drug-likeness (QED) is 0.644. The number of fused-ring (bicyclic) bond motifs is 5. The van der Waals surface area contributed by atoms with Crippen molar-refractivity contribution >= 4 is 11.4 Å². The van der Waals surface area contributed by atoms with E-state index in [1.165, 1.54) is 29.3 Å². The minimum absolute atomic E-state index is 0.0152. The van der Waals surface area contributed by atoms with Crippen LogP contribution in [-0.2, 0) is 4.79 Å². The van der Waals surface area contributed by atoms with Crippen LogP contribution in [-0.4, -0.2) is 10.8 Å². The summed E-state index contributed by atoms with van der Waals surface area (Å²) in [4.78, 5) is 16.0. The van der Waals surface area contributed by atoms with Gasteiger partial charge in [-0.05, 0) is 72.6 Å². The largest absolute Gasteiger partial charge is 0.295 e. The molecule has 0 aliphatic heterocycles. The predicted molar refractivity (Wildman–Crippen MR) is 104 cm³/mol. The molecular weight excluding hydrogens is 337 g/mol. The molecule has 0 saturated heterocycles. The first-order valence-corrected chi connectivity index (χ1v) is 10.2. The lowest BCUT2D eigenvalue weighted by Gasteiger charge is -2.56. The number of rotatable bonds is 1. The van der Waals surface area contributed by atoms with E-state index in [0.29, 0.717) is 24.0 Å². The molecule has 0 aromatic carbocycles. The summed E-state index contributed by atoms with van der Waals surface area (Å²) >= 11 is 0. The SMILES string of the molecule is C[C@]12CCC3C(CCC4=CC(=O)CC[C@@]43C)C1=CC=C2c1cncc(F)c1. The van der Waals surface area contributed by atoms with Crippen LogP contribution in [0.4, 0.5) is 4.39 Å². The first-order chi connectivity index (χ1) is 12.9. The molecular formula is C24H26FNO. The van der Waals surface area contributed by atoms with Gasteiger partial charge in [-0.3, -0.25) is 9.78 Å². The Balaban J connectivity index is 1.50. The smallest absolute Gasteiger partial charge is 0.155 e. The topological polar surface area (TPSA) is 30.0 Å². The molecule has 140 valence electrons. The number of pyridine rings is 1. The van der Waals surface area contributed by atoms with Crippen molar-refractivity contribution < 1.29 is 9.18 Å². The average molecular weight is 363 g/mol. The number of hydrogen-bond acceptors (Lipinski definition) is 2. The molecule has 0 N–H and O–H groups in total. The van der Waals surface area contributed by atoms with Crippen LogP contribution in [0, 0.1) is 28.5 Å². The number of hydrogen-bond donors (Lipinski definition) is 0. The maximum Gasteiger partial charge on any atom is 0.155 e. The first kappa shape index (κ1) is 17.1. The summed E-state index contributed by atoms with van der Waals surface area (Å²) in [5, 5.41) is 0. The Hall–Kier alpha value is -2.03. The van der Waals surface area contributed by atoms with E-state index in [1.807, 2.05) is 6.08 Å². The highest BCUT2D eigenvalue weighted by Gasteiger charge is 2.54. The molecule has 5 rings (SSSR count). The third-order valence-electron chi connectivity index (χ3n) is 8.02. The lowest BCUT2D eigenvalue weighted by Crippen LogP contribution is -2.47. The van der Waals surface area contributed by atoms with Crippen LogP contribution in [0.5, 0.6) is 0 Å². The molecule has 1 aromatic heterocycles. The van der Waals surface area contributed by atoms with Crippen molar-refractivity contribution in [1.82, 2.24) is 4.98 Å². The van der Waals surface area contributed by atoms with Crippen LogP contribution in [0.1, 0.15) is 57.9 Å². The number of carbonyl (C=O) groups excluding carboxylic acids is 1. The molecule has 0 spiro atoms. The second-order valence-corrected chi connectivity index (χ2v) is 9.27. The third-order valence-corrected chi connectivity index (χ3v) is 8.02. The molecule has 4 aliphatic carbocycles. The van der Waals surface area contributed by atoms with Gasteiger partial charge in [-0.15, -0.1) is 0 Å². The highest BCUT2D eigenvalue weighted by molar-refractivity contribution is 5.91. The number of aromatic nitrogens is 1. The van der Waals surface area contributed by atoms with Crippen molar-refractivity contribution in [2.45, 2.75) is 52.4 Å². The Morgan fingerprint density at radius 3 is 2.78 bits per heavy atom. The third kappa shape index (κ3) is 2.36. The van der Waals surface area contributed by atoms with Gasteiger partial charge < -0.3 is 0 Å². The first-order valence-electron chi connectivity index (χ1n) is 10.2. The fraction of sp³-hybridized carbons (Fsp3) is 0.500. The van der Waals surface area contributed by atoms with Gasteiger partial charge in [0.1, 0.15) is 5.82 Å². The second kappa shape index (κ2) is 5.73. The van der Waals surface area contributed by atoms with Crippen molar-refractivity contribution in [2.75, 3.05) is 0 Å². The minimum atomic E-state index is -0.272. The summed E-state index contributed by atoms with van der Waals surface area (Å²) in [7, 11) is 0. The summed E-state index contributed by atoms with van der Waals surface area (Å²) in [5.41, 5.74) is 5.20. The van der Waals surface area contributed by atoms with Crippen molar-refractivity contribution in [2.24, 2.45) is 22.7 Å². The molecule has 2 saturated carbocycles. The van der Waals surface area contributed by atoms with Crippen LogP contribution in [0.2, 0.25) is 0 Å². The molecule has 4 atom stereocenters. The zero-order valence-corrected chi connectivity index (χ0v) is 16.1. The van der Waals surface area contributed by atoms with Gasteiger partial charge in [0, 0.05) is 18.0 Å². The Morgan fingerprint density at radius 2 is 1.96 bits per heavy atom. The van der Waals surface area contributed by atoms with Gasteiger partial charge in [-0.1, -0.05) is 37.1 Å². The lowest BCUT2D eigenvalue weighted by atomic mass is 9.48. The summed E-state index contributed by atoms with van der Waals surface area (Å²) < 4.78 is 13.8. The van der Waals surface area contributed by atoms with E-state index in [4.69, 9.17) is 0 Å². The number of nitrogens with zero attached hydrogens (tertiary/aromatic N) is 1. The molecule has 1 aromatic rings. The molecule has 3 heteroatoms. The van der Waals surface area contributed by atoms with Gasteiger partial charge in [0.2, 0.25) is 0 Å². The van der Waals surface area contributed by atoms with Crippen LogP contribution < -0.4 is 0 Å². The molecule has 0 radical (unpaired) electrons. The maximum atomic E-state index is 13.8. The second-order valence-electron chi connectivity index (χ2n) is 9.27. The number of carbonyl (C=O) groups is 1. The molecule has 2 unspecified atom stereocenters. The van der Waals surface area contributed by atoms with E-state index in [0.717, 1.165) is 31.2 Å². The summed E-state index contributed by atoms with van der Waals surface area (Å²) in [6, 6.07) is 1.61. The monoisotopic (exact) mass is 363 g/mol. The predicted octanol–water partition coefficient (Wildman–Crippen LogP) is 5.67. The number of ketones is 1. The molecule has 0 bridgehead atoms.